The molecule has 4 rings (SSSR count). The zero-order chi connectivity index (χ0) is 20.2. The van der Waals surface area contributed by atoms with Gasteiger partial charge in [-0.2, -0.15) is 4.57 Å². The molecule has 0 unspecified atom stereocenters. The van der Waals surface area contributed by atoms with E-state index in [4.69, 9.17) is 11.3 Å². The topological polar surface area (TPSA) is 17.5 Å². The van der Waals surface area contributed by atoms with Gasteiger partial charge in [0, 0.05) is 11.5 Å². The van der Waals surface area contributed by atoms with Crippen LogP contribution in [-0.2, 0) is 20.0 Å². The van der Waals surface area contributed by atoms with E-state index in [1.165, 1.54) is 33.0 Å². The van der Waals surface area contributed by atoms with Crippen LogP contribution in [0.3, 0.4) is 0 Å². The second-order valence-electron chi connectivity index (χ2n) is 9.17. The van der Waals surface area contributed by atoms with E-state index in [1.807, 2.05) is 12.3 Å². The largest absolute Gasteiger partial charge is 0.449 e. The van der Waals surface area contributed by atoms with E-state index in [-0.39, 0.29) is 5.41 Å². The predicted molar refractivity (Wildman–Crippen MR) is 114 cm³/mol. The quantitative estimate of drug-likeness (QED) is 0.309. The van der Waals surface area contributed by atoms with Gasteiger partial charge < -0.3 is 9.58 Å². The van der Waals surface area contributed by atoms with E-state index >= 15 is 0 Å². The minimum Gasteiger partial charge on any atom is -0.449 e. The van der Waals surface area contributed by atoms with Crippen LogP contribution in [0.25, 0.3) is 26.9 Å². The van der Waals surface area contributed by atoms with Gasteiger partial charge in [-0.1, -0.05) is 32.9 Å². The minimum atomic E-state index is 0.206. The molecule has 0 radical (unpaired) electrons. The maximum absolute atomic E-state index is 7.34. The maximum atomic E-state index is 7.34. The van der Waals surface area contributed by atoms with Crippen LogP contribution >= 0.6 is 0 Å². The van der Waals surface area contributed by atoms with Crippen molar-refractivity contribution < 1.29 is 9.30 Å². The number of pyridine rings is 1. The standard InChI is InChI=1S/C25H27N2O/c1-15-10-19-11-17(13-25(3,4)5)12-20-22(19)21(16(15)2)23-24(28-20)18(14-26-6)8-9-27(23)7/h8-12H,13-14H2,1-5,7H3/q+1. The fourth-order valence-corrected chi connectivity index (χ4v) is 4.28. The van der Waals surface area contributed by atoms with E-state index in [1.54, 1.807) is 0 Å². The molecule has 142 valence electrons. The van der Waals surface area contributed by atoms with Gasteiger partial charge in [0.15, 0.2) is 6.20 Å². The Labute approximate surface area is 167 Å². The summed E-state index contributed by atoms with van der Waals surface area (Å²) in [6, 6.07) is 8.80. The summed E-state index contributed by atoms with van der Waals surface area (Å²) >= 11 is 0. The lowest BCUT2D eigenvalue weighted by atomic mass is 9.85. The van der Waals surface area contributed by atoms with Gasteiger partial charge in [0.05, 0.1) is 11.1 Å². The second kappa shape index (κ2) is 6.34. The van der Waals surface area contributed by atoms with E-state index in [0.29, 0.717) is 6.54 Å². The number of fused-ring (bicyclic) bond motifs is 2. The summed E-state index contributed by atoms with van der Waals surface area (Å²) in [6.07, 6.45) is 3.03. The number of aromatic nitrogens is 1. The van der Waals surface area contributed by atoms with Crippen LogP contribution < -0.4 is 9.30 Å². The van der Waals surface area contributed by atoms with Crippen molar-refractivity contribution in [2.45, 2.75) is 47.6 Å². The van der Waals surface area contributed by atoms with E-state index in [2.05, 4.69) is 69.3 Å². The van der Waals surface area contributed by atoms with Crippen molar-refractivity contribution in [3.63, 3.8) is 0 Å². The first-order valence-electron chi connectivity index (χ1n) is 9.79. The highest BCUT2D eigenvalue weighted by atomic mass is 16.5. The summed E-state index contributed by atoms with van der Waals surface area (Å²) < 4.78 is 8.62. The third kappa shape index (κ3) is 2.94. The van der Waals surface area contributed by atoms with E-state index in [0.717, 1.165) is 29.2 Å². The SMILES string of the molecule is [C-]#[N+]Cc1cc[n+](C)c2c1Oc1cc(CC(C)(C)C)cc3cc(C)c(C)c-2c13. The molecule has 0 fully saturated rings. The Bertz CT molecular complexity index is 1160. The molecule has 3 heteroatoms. The second-order valence-corrected chi connectivity index (χ2v) is 9.17. The molecule has 0 bridgehead atoms. The highest BCUT2D eigenvalue weighted by Crippen LogP contribution is 2.49. The van der Waals surface area contributed by atoms with Crippen LogP contribution in [-0.4, -0.2) is 0 Å². The molecule has 0 saturated carbocycles. The molecule has 2 aromatic carbocycles. The molecule has 0 amide bonds. The monoisotopic (exact) mass is 371 g/mol. The van der Waals surface area contributed by atoms with E-state index in [9.17, 15) is 0 Å². The molecule has 0 saturated heterocycles. The molecule has 0 spiro atoms. The van der Waals surface area contributed by atoms with Crippen LogP contribution in [0.1, 0.15) is 43.0 Å². The summed E-state index contributed by atoms with van der Waals surface area (Å²) in [5, 5.41) is 2.42. The zero-order valence-corrected chi connectivity index (χ0v) is 17.6. The van der Waals surface area contributed by atoms with Crippen LogP contribution in [0.15, 0.2) is 30.5 Å². The fourth-order valence-electron chi connectivity index (χ4n) is 4.28. The number of benzene rings is 2. The van der Waals surface area contributed by atoms with Gasteiger partial charge in [-0.25, -0.2) is 6.57 Å². The Morgan fingerprint density at radius 2 is 1.89 bits per heavy atom. The fraction of sp³-hybridized carbons (Fsp3) is 0.360. The van der Waals surface area contributed by atoms with Gasteiger partial charge in [-0.05, 0) is 53.8 Å². The van der Waals surface area contributed by atoms with Crippen molar-refractivity contribution in [1.29, 1.82) is 0 Å². The smallest absolute Gasteiger partial charge is 0.256 e. The van der Waals surface area contributed by atoms with Gasteiger partial charge in [-0.3, -0.25) is 0 Å². The number of nitrogens with zero attached hydrogens (tertiary/aromatic N) is 2. The molecule has 1 aliphatic heterocycles. The number of aryl methyl sites for hydroxylation is 2. The maximum Gasteiger partial charge on any atom is 0.256 e. The first-order chi connectivity index (χ1) is 13.2. The van der Waals surface area contributed by atoms with Crippen LogP contribution in [0.4, 0.5) is 0 Å². The number of rotatable bonds is 2. The van der Waals surface area contributed by atoms with Gasteiger partial charge in [0.1, 0.15) is 12.8 Å². The highest BCUT2D eigenvalue weighted by molar-refractivity contribution is 6.05. The van der Waals surface area contributed by atoms with Crippen molar-refractivity contribution in [2.24, 2.45) is 12.5 Å². The summed E-state index contributed by atoms with van der Waals surface area (Å²) in [6.45, 7) is 18.8. The Morgan fingerprint density at radius 1 is 1.14 bits per heavy atom. The number of hydrogen-bond acceptors (Lipinski definition) is 1. The van der Waals surface area contributed by atoms with Crippen LogP contribution in [0.5, 0.6) is 11.5 Å². The van der Waals surface area contributed by atoms with Crippen molar-refractivity contribution >= 4 is 10.8 Å². The lowest BCUT2D eigenvalue weighted by Crippen LogP contribution is -2.32. The summed E-state index contributed by atoms with van der Waals surface area (Å²) in [4.78, 5) is 3.62. The van der Waals surface area contributed by atoms with Crippen molar-refractivity contribution in [3.8, 4) is 22.8 Å². The summed E-state index contributed by atoms with van der Waals surface area (Å²) in [5.74, 6) is 1.75. The lowest BCUT2D eigenvalue weighted by Gasteiger charge is -2.25. The van der Waals surface area contributed by atoms with Gasteiger partial charge in [0.2, 0.25) is 12.3 Å². The summed E-state index contributed by atoms with van der Waals surface area (Å²) in [7, 11) is 2.05. The van der Waals surface area contributed by atoms with E-state index < -0.39 is 0 Å². The minimum absolute atomic E-state index is 0.206. The molecule has 3 nitrogen and oxygen atoms in total. The molecule has 0 atom stereocenters. The third-order valence-electron chi connectivity index (χ3n) is 5.57. The molecule has 1 aliphatic rings. The normalized spacial score (nSPS) is 12.5. The Balaban J connectivity index is 2.09. The van der Waals surface area contributed by atoms with Gasteiger partial charge in [-0.15, -0.1) is 0 Å². The van der Waals surface area contributed by atoms with Crippen molar-refractivity contribution in [1.82, 2.24) is 0 Å². The average molecular weight is 372 g/mol. The molecule has 0 N–H and O–H groups in total. The third-order valence-corrected chi connectivity index (χ3v) is 5.57. The predicted octanol–water partition coefficient (Wildman–Crippen LogP) is 6.06. The molecule has 1 aromatic heterocycles. The van der Waals surface area contributed by atoms with Crippen molar-refractivity contribution in [2.75, 3.05) is 0 Å². The van der Waals surface area contributed by atoms with Crippen LogP contribution in [0.2, 0.25) is 0 Å². The Morgan fingerprint density at radius 3 is 2.57 bits per heavy atom. The zero-order valence-electron chi connectivity index (χ0n) is 17.6. The van der Waals surface area contributed by atoms with Crippen LogP contribution in [0, 0.1) is 25.8 Å². The Kier molecular flexibility index (Phi) is 4.19. The lowest BCUT2D eigenvalue weighted by molar-refractivity contribution is -0.660. The van der Waals surface area contributed by atoms with Crippen molar-refractivity contribution in [3.05, 3.63) is 64.1 Å². The molecular weight excluding hydrogens is 344 g/mol. The molecule has 28 heavy (non-hydrogen) atoms. The molecule has 2 heterocycles. The molecule has 3 aromatic rings. The first-order valence-corrected chi connectivity index (χ1v) is 9.79. The molecule has 0 aliphatic carbocycles. The molecular formula is C25H27N2O+. The highest BCUT2D eigenvalue weighted by Gasteiger charge is 2.33. The number of ether oxygens (including phenoxy) is 1. The Hall–Kier alpha value is -2.86. The van der Waals surface area contributed by atoms with Gasteiger partial charge >= 0.3 is 0 Å². The first kappa shape index (κ1) is 18.5. The number of hydrogen-bond donors (Lipinski definition) is 0. The summed E-state index contributed by atoms with van der Waals surface area (Å²) in [5.41, 5.74) is 7.31. The van der Waals surface area contributed by atoms with Gasteiger partial charge in [0.25, 0.3) is 5.69 Å². The average Bonchev–Trinajstić information content (AvgIpc) is 2.59.